The first-order chi connectivity index (χ1) is 13.1. The smallest absolute Gasteiger partial charge is 0.336 e. The maximum atomic E-state index is 11.4. The number of carboxylic acids is 1. The van der Waals surface area contributed by atoms with Crippen molar-refractivity contribution in [1.29, 1.82) is 0 Å². The topological polar surface area (TPSA) is 80.9 Å². The number of pyridine rings is 1. The average molecular weight is 364 g/mol. The largest absolute Gasteiger partial charge is 0.478 e. The molecule has 0 amide bonds. The molecule has 0 saturated carbocycles. The summed E-state index contributed by atoms with van der Waals surface area (Å²) in [5.41, 5.74) is 2.62. The molecule has 0 aliphatic heterocycles. The quantitative estimate of drug-likeness (QED) is 0.608. The maximum absolute atomic E-state index is 11.4. The SMILES string of the molecule is CCCCCn1nc(C)nc1Cc1ccc(-c2ccccc2C(=O)O)cn1. The van der Waals surface area contributed by atoms with E-state index >= 15 is 0 Å². The van der Waals surface area contributed by atoms with Crippen molar-refractivity contribution in [2.75, 3.05) is 0 Å². The highest BCUT2D eigenvalue weighted by Crippen LogP contribution is 2.23. The minimum atomic E-state index is -0.940. The number of hydrogen-bond acceptors (Lipinski definition) is 4. The van der Waals surface area contributed by atoms with Crippen LogP contribution in [0.5, 0.6) is 0 Å². The maximum Gasteiger partial charge on any atom is 0.336 e. The number of aromatic carboxylic acids is 1. The van der Waals surface area contributed by atoms with E-state index in [4.69, 9.17) is 0 Å². The van der Waals surface area contributed by atoms with Crippen LogP contribution in [0.2, 0.25) is 0 Å². The van der Waals surface area contributed by atoms with Gasteiger partial charge in [0.05, 0.1) is 5.56 Å². The van der Waals surface area contributed by atoms with Gasteiger partial charge in [-0.25, -0.2) is 14.5 Å². The molecule has 0 unspecified atom stereocenters. The van der Waals surface area contributed by atoms with Gasteiger partial charge >= 0.3 is 5.97 Å². The number of carboxylic acid groups (broad SMARTS) is 1. The van der Waals surface area contributed by atoms with Crippen molar-refractivity contribution < 1.29 is 9.90 Å². The minimum absolute atomic E-state index is 0.276. The molecule has 0 atom stereocenters. The van der Waals surface area contributed by atoms with Crippen LogP contribution in [0.4, 0.5) is 0 Å². The predicted octanol–water partition coefficient (Wildman–Crippen LogP) is 4.13. The minimum Gasteiger partial charge on any atom is -0.478 e. The monoisotopic (exact) mass is 364 g/mol. The van der Waals surface area contributed by atoms with Crippen LogP contribution in [-0.2, 0) is 13.0 Å². The van der Waals surface area contributed by atoms with Crippen LogP contribution in [0.15, 0.2) is 42.6 Å². The molecule has 2 aromatic heterocycles. The average Bonchev–Trinajstić information content (AvgIpc) is 3.01. The van der Waals surface area contributed by atoms with Crippen LogP contribution in [0.25, 0.3) is 11.1 Å². The van der Waals surface area contributed by atoms with E-state index in [-0.39, 0.29) is 5.56 Å². The second-order valence-corrected chi connectivity index (χ2v) is 6.57. The number of aryl methyl sites for hydroxylation is 2. The number of hydrogen-bond donors (Lipinski definition) is 1. The number of nitrogens with zero attached hydrogens (tertiary/aromatic N) is 4. The first kappa shape index (κ1) is 18.8. The van der Waals surface area contributed by atoms with Crippen LogP contribution in [0.3, 0.4) is 0 Å². The summed E-state index contributed by atoms with van der Waals surface area (Å²) < 4.78 is 1.97. The van der Waals surface area contributed by atoms with Gasteiger partial charge in [-0.3, -0.25) is 4.98 Å². The van der Waals surface area contributed by atoms with E-state index in [0.29, 0.717) is 12.0 Å². The normalized spacial score (nSPS) is 10.9. The fourth-order valence-electron chi connectivity index (χ4n) is 3.09. The first-order valence-electron chi connectivity index (χ1n) is 9.26. The van der Waals surface area contributed by atoms with Gasteiger partial charge in [0.15, 0.2) is 0 Å². The molecule has 0 saturated heterocycles. The molecule has 3 aromatic rings. The Balaban J connectivity index is 1.78. The molecule has 0 bridgehead atoms. The van der Waals surface area contributed by atoms with E-state index in [1.807, 2.05) is 29.8 Å². The highest BCUT2D eigenvalue weighted by molar-refractivity contribution is 5.95. The Bertz CT molecular complexity index is 916. The van der Waals surface area contributed by atoms with Gasteiger partial charge in [-0.05, 0) is 31.0 Å². The van der Waals surface area contributed by atoms with E-state index < -0.39 is 5.97 Å². The van der Waals surface area contributed by atoms with E-state index in [1.165, 1.54) is 12.8 Å². The Morgan fingerprint density at radius 1 is 1.15 bits per heavy atom. The molecule has 0 aliphatic rings. The number of benzene rings is 1. The highest BCUT2D eigenvalue weighted by Gasteiger charge is 2.12. The molecule has 3 rings (SSSR count). The summed E-state index contributed by atoms with van der Waals surface area (Å²) in [6.45, 7) is 4.95. The lowest BCUT2D eigenvalue weighted by atomic mass is 10.0. The molecular weight excluding hydrogens is 340 g/mol. The lowest BCUT2D eigenvalue weighted by Crippen LogP contribution is -2.07. The molecule has 27 heavy (non-hydrogen) atoms. The van der Waals surface area contributed by atoms with Gasteiger partial charge in [0, 0.05) is 30.4 Å². The second kappa shape index (κ2) is 8.58. The van der Waals surface area contributed by atoms with E-state index in [1.54, 1.807) is 24.4 Å². The molecule has 1 aromatic carbocycles. The fraction of sp³-hybridized carbons (Fsp3) is 0.333. The molecule has 6 nitrogen and oxygen atoms in total. The zero-order chi connectivity index (χ0) is 19.2. The fourth-order valence-corrected chi connectivity index (χ4v) is 3.09. The van der Waals surface area contributed by atoms with Crippen molar-refractivity contribution in [3.8, 4) is 11.1 Å². The van der Waals surface area contributed by atoms with Gasteiger partial charge in [-0.2, -0.15) is 5.10 Å². The molecule has 6 heteroatoms. The molecule has 1 N–H and O–H groups in total. The van der Waals surface area contributed by atoms with Gasteiger partial charge in [0.25, 0.3) is 0 Å². The van der Waals surface area contributed by atoms with E-state index in [2.05, 4.69) is 22.0 Å². The van der Waals surface area contributed by atoms with Crippen molar-refractivity contribution in [2.24, 2.45) is 0 Å². The molecule has 0 radical (unpaired) electrons. The lowest BCUT2D eigenvalue weighted by molar-refractivity contribution is 0.0697. The Morgan fingerprint density at radius 2 is 1.96 bits per heavy atom. The van der Waals surface area contributed by atoms with Crippen LogP contribution in [-0.4, -0.2) is 30.8 Å². The standard InChI is InChI=1S/C21H24N4O2/c1-3-4-7-12-25-20(23-15(2)24-25)13-17-11-10-16(14-22-17)18-8-5-6-9-19(18)21(26)27/h5-6,8-11,14H,3-4,7,12-13H2,1-2H3,(H,26,27). The Labute approximate surface area is 158 Å². The van der Waals surface area contributed by atoms with Gasteiger partial charge in [-0.15, -0.1) is 0 Å². The van der Waals surface area contributed by atoms with E-state index in [0.717, 1.165) is 35.9 Å². The third-order valence-electron chi connectivity index (χ3n) is 4.46. The number of aromatic nitrogens is 4. The third-order valence-corrected chi connectivity index (χ3v) is 4.46. The zero-order valence-corrected chi connectivity index (χ0v) is 15.7. The summed E-state index contributed by atoms with van der Waals surface area (Å²) in [6.07, 6.45) is 5.76. The van der Waals surface area contributed by atoms with Crippen LogP contribution >= 0.6 is 0 Å². The molecule has 2 heterocycles. The second-order valence-electron chi connectivity index (χ2n) is 6.57. The van der Waals surface area contributed by atoms with Crippen LogP contribution in [0.1, 0.15) is 53.9 Å². The van der Waals surface area contributed by atoms with E-state index in [9.17, 15) is 9.90 Å². The third kappa shape index (κ3) is 4.58. The summed E-state index contributed by atoms with van der Waals surface area (Å²) >= 11 is 0. The van der Waals surface area contributed by atoms with Crippen molar-refractivity contribution in [2.45, 2.75) is 46.1 Å². The number of unbranched alkanes of at least 4 members (excludes halogenated alkanes) is 2. The summed E-state index contributed by atoms with van der Waals surface area (Å²) in [7, 11) is 0. The molecule has 0 aliphatic carbocycles. The molecule has 0 fully saturated rings. The van der Waals surface area contributed by atoms with Gasteiger partial charge in [0.2, 0.25) is 0 Å². The summed E-state index contributed by atoms with van der Waals surface area (Å²) in [6, 6.07) is 10.8. The highest BCUT2D eigenvalue weighted by atomic mass is 16.4. The van der Waals surface area contributed by atoms with Crippen molar-refractivity contribution in [1.82, 2.24) is 19.7 Å². The molecule has 0 spiro atoms. The Morgan fingerprint density at radius 3 is 2.67 bits per heavy atom. The summed E-state index contributed by atoms with van der Waals surface area (Å²) in [5, 5.41) is 13.8. The molecule has 140 valence electrons. The Hall–Kier alpha value is -3.02. The zero-order valence-electron chi connectivity index (χ0n) is 15.7. The van der Waals surface area contributed by atoms with Gasteiger partial charge in [0.1, 0.15) is 11.6 Å². The van der Waals surface area contributed by atoms with Crippen LogP contribution in [0, 0.1) is 6.92 Å². The first-order valence-corrected chi connectivity index (χ1v) is 9.26. The van der Waals surface area contributed by atoms with Crippen molar-refractivity contribution >= 4 is 5.97 Å². The lowest BCUT2D eigenvalue weighted by Gasteiger charge is -2.08. The summed E-state index contributed by atoms with van der Waals surface area (Å²) in [5.74, 6) is 0.744. The van der Waals surface area contributed by atoms with Crippen LogP contribution < -0.4 is 0 Å². The van der Waals surface area contributed by atoms with Crippen molar-refractivity contribution in [3.05, 3.63) is 65.5 Å². The van der Waals surface area contributed by atoms with Gasteiger partial charge in [-0.1, -0.05) is 44.0 Å². The summed E-state index contributed by atoms with van der Waals surface area (Å²) in [4.78, 5) is 20.5. The predicted molar refractivity (Wildman–Crippen MR) is 104 cm³/mol. The van der Waals surface area contributed by atoms with Crippen molar-refractivity contribution in [3.63, 3.8) is 0 Å². The Kier molecular flexibility index (Phi) is 5.96. The molecular formula is C21H24N4O2. The number of carbonyl (C=O) groups is 1. The van der Waals surface area contributed by atoms with Gasteiger partial charge < -0.3 is 5.11 Å². The number of rotatable bonds is 8.